The summed E-state index contributed by atoms with van der Waals surface area (Å²) >= 11 is 4.57. The molecule has 2 aromatic carbocycles. The van der Waals surface area contributed by atoms with Crippen LogP contribution in [0.15, 0.2) is 50.8 Å². The van der Waals surface area contributed by atoms with Crippen LogP contribution in [0.25, 0.3) is 10.9 Å². The van der Waals surface area contributed by atoms with Gasteiger partial charge >= 0.3 is 0 Å². The van der Waals surface area contributed by atoms with Crippen LogP contribution in [0.3, 0.4) is 0 Å². The number of benzene rings is 2. The summed E-state index contributed by atoms with van der Waals surface area (Å²) in [7, 11) is 0. The van der Waals surface area contributed by atoms with Crippen molar-refractivity contribution in [2.75, 3.05) is 11.1 Å². The van der Waals surface area contributed by atoms with Crippen LogP contribution in [0, 0.1) is 0 Å². The molecule has 1 aliphatic rings. The first-order valence-electron chi connectivity index (χ1n) is 9.83. The Bertz CT molecular complexity index is 1180. The SMILES string of the molecule is C[C@@H](O)Cn1c(SCC(=O)Nc2ccc3c(c2)CCC3)nc2ccc(Br)cc2c1=O. The van der Waals surface area contributed by atoms with Gasteiger partial charge in [0.15, 0.2) is 5.16 Å². The maximum Gasteiger partial charge on any atom is 0.262 e. The fourth-order valence-corrected chi connectivity index (χ4v) is 4.85. The van der Waals surface area contributed by atoms with E-state index in [0.717, 1.165) is 29.4 Å². The van der Waals surface area contributed by atoms with E-state index in [1.165, 1.54) is 27.5 Å². The van der Waals surface area contributed by atoms with Crippen LogP contribution < -0.4 is 10.9 Å². The second kappa shape index (κ2) is 8.91. The number of nitrogens with zero attached hydrogens (tertiary/aromatic N) is 2. The number of aliphatic hydroxyl groups excluding tert-OH is 1. The molecule has 0 fully saturated rings. The van der Waals surface area contributed by atoms with Crippen LogP contribution in [0.5, 0.6) is 0 Å². The molecule has 0 spiro atoms. The number of hydrogen-bond donors (Lipinski definition) is 2. The van der Waals surface area contributed by atoms with Crippen LogP contribution in [-0.4, -0.2) is 32.4 Å². The highest BCUT2D eigenvalue weighted by Gasteiger charge is 2.16. The summed E-state index contributed by atoms with van der Waals surface area (Å²) < 4.78 is 2.22. The van der Waals surface area contributed by atoms with Crippen LogP contribution in [0.4, 0.5) is 5.69 Å². The third-order valence-corrected chi connectivity index (χ3v) is 6.51. The summed E-state index contributed by atoms with van der Waals surface area (Å²) in [4.78, 5) is 30.0. The fraction of sp³-hybridized carbons (Fsp3) is 0.318. The number of amides is 1. The largest absolute Gasteiger partial charge is 0.392 e. The Balaban J connectivity index is 1.54. The van der Waals surface area contributed by atoms with Crippen LogP contribution in [0.2, 0.25) is 0 Å². The molecule has 0 saturated heterocycles. The van der Waals surface area contributed by atoms with E-state index in [9.17, 15) is 14.7 Å². The molecule has 1 aliphatic carbocycles. The highest BCUT2D eigenvalue weighted by Crippen LogP contribution is 2.25. The molecule has 1 aromatic heterocycles. The molecule has 1 amide bonds. The van der Waals surface area contributed by atoms with E-state index in [-0.39, 0.29) is 23.8 Å². The Hall–Kier alpha value is -2.16. The Morgan fingerprint density at radius 1 is 1.27 bits per heavy atom. The molecule has 6 nitrogen and oxygen atoms in total. The van der Waals surface area contributed by atoms with Crippen molar-refractivity contribution in [1.29, 1.82) is 0 Å². The van der Waals surface area contributed by atoms with Gasteiger partial charge in [0.25, 0.3) is 5.56 Å². The number of aromatic nitrogens is 2. The van der Waals surface area contributed by atoms with E-state index in [0.29, 0.717) is 16.1 Å². The van der Waals surface area contributed by atoms with Gasteiger partial charge in [0.2, 0.25) is 5.91 Å². The van der Waals surface area contributed by atoms with Gasteiger partial charge < -0.3 is 10.4 Å². The third-order valence-electron chi connectivity index (χ3n) is 5.04. The molecule has 2 N–H and O–H groups in total. The first-order valence-corrected chi connectivity index (χ1v) is 11.6. The number of anilines is 1. The maximum atomic E-state index is 13.0. The van der Waals surface area contributed by atoms with Crippen molar-refractivity contribution in [2.45, 2.75) is 44.0 Å². The molecule has 4 rings (SSSR count). The van der Waals surface area contributed by atoms with Crippen molar-refractivity contribution >= 4 is 50.2 Å². The number of thioether (sulfide) groups is 1. The van der Waals surface area contributed by atoms with Crippen molar-refractivity contribution in [2.24, 2.45) is 0 Å². The van der Waals surface area contributed by atoms with E-state index in [1.54, 1.807) is 19.1 Å². The Labute approximate surface area is 186 Å². The molecular weight excluding hydrogens is 466 g/mol. The van der Waals surface area contributed by atoms with Gasteiger partial charge in [-0.2, -0.15) is 0 Å². The molecule has 1 atom stereocenters. The number of aliphatic hydroxyl groups is 1. The minimum atomic E-state index is -0.714. The van der Waals surface area contributed by atoms with E-state index in [1.807, 2.05) is 18.2 Å². The van der Waals surface area contributed by atoms with Gasteiger partial charge in [-0.25, -0.2) is 4.98 Å². The highest BCUT2D eigenvalue weighted by atomic mass is 79.9. The quantitative estimate of drug-likeness (QED) is 0.408. The molecule has 0 radical (unpaired) electrons. The lowest BCUT2D eigenvalue weighted by atomic mass is 10.1. The summed E-state index contributed by atoms with van der Waals surface area (Å²) in [6, 6.07) is 11.4. The van der Waals surface area contributed by atoms with Gasteiger partial charge in [-0.05, 0) is 67.6 Å². The highest BCUT2D eigenvalue weighted by molar-refractivity contribution is 9.10. The van der Waals surface area contributed by atoms with Gasteiger partial charge in [-0.3, -0.25) is 14.2 Å². The summed E-state index contributed by atoms with van der Waals surface area (Å²) in [5.74, 6) is -0.0440. The average molecular weight is 488 g/mol. The first kappa shape index (κ1) is 21.1. The Kier molecular flexibility index (Phi) is 6.26. The summed E-state index contributed by atoms with van der Waals surface area (Å²) in [5, 5.41) is 13.7. The van der Waals surface area contributed by atoms with Crippen molar-refractivity contribution in [3.05, 3.63) is 62.4 Å². The lowest BCUT2D eigenvalue weighted by molar-refractivity contribution is -0.113. The predicted molar refractivity (Wildman–Crippen MR) is 123 cm³/mol. The summed E-state index contributed by atoms with van der Waals surface area (Å²) in [6.45, 7) is 1.73. The standard InChI is InChI=1S/C22H22BrN3O3S/c1-13(27)11-26-21(29)18-10-16(23)6-8-19(18)25-22(26)30-12-20(28)24-17-7-5-14-3-2-4-15(14)9-17/h5-10,13,27H,2-4,11-12H2,1H3,(H,24,28)/t13-/m1/s1. The zero-order chi connectivity index (χ0) is 21.3. The summed E-state index contributed by atoms with van der Waals surface area (Å²) in [6.07, 6.45) is 2.60. The van der Waals surface area contributed by atoms with Crippen molar-refractivity contribution in [1.82, 2.24) is 9.55 Å². The van der Waals surface area contributed by atoms with Gasteiger partial charge in [-0.1, -0.05) is 33.8 Å². The molecule has 0 saturated carbocycles. The summed E-state index contributed by atoms with van der Waals surface area (Å²) in [5.41, 5.74) is 3.78. The molecule has 8 heteroatoms. The number of hydrogen-bond acceptors (Lipinski definition) is 5. The molecule has 1 heterocycles. The second-order valence-electron chi connectivity index (χ2n) is 7.49. The van der Waals surface area contributed by atoms with Crippen molar-refractivity contribution in [3.8, 4) is 0 Å². The predicted octanol–water partition coefficient (Wildman–Crippen LogP) is 3.76. The van der Waals surface area contributed by atoms with Crippen LogP contribution in [-0.2, 0) is 24.2 Å². The number of rotatable bonds is 6. The molecule has 0 bridgehead atoms. The van der Waals surface area contributed by atoms with Gasteiger partial charge in [0.1, 0.15) is 0 Å². The number of halogens is 1. The van der Waals surface area contributed by atoms with Gasteiger partial charge in [-0.15, -0.1) is 0 Å². The average Bonchev–Trinajstić information content (AvgIpc) is 3.17. The van der Waals surface area contributed by atoms with E-state index in [4.69, 9.17) is 0 Å². The lowest BCUT2D eigenvalue weighted by Crippen LogP contribution is -2.28. The minimum absolute atomic E-state index is 0.114. The smallest absolute Gasteiger partial charge is 0.262 e. The molecular formula is C22H22BrN3O3S. The van der Waals surface area contributed by atoms with Crippen LogP contribution in [0.1, 0.15) is 24.5 Å². The monoisotopic (exact) mass is 487 g/mol. The van der Waals surface area contributed by atoms with Gasteiger partial charge in [0.05, 0.1) is 29.3 Å². The minimum Gasteiger partial charge on any atom is -0.392 e. The van der Waals surface area contributed by atoms with E-state index in [2.05, 4.69) is 32.3 Å². The number of nitrogens with one attached hydrogen (secondary N) is 1. The van der Waals surface area contributed by atoms with E-state index >= 15 is 0 Å². The van der Waals surface area contributed by atoms with Crippen LogP contribution >= 0.6 is 27.7 Å². The zero-order valence-corrected chi connectivity index (χ0v) is 18.9. The van der Waals surface area contributed by atoms with Crippen molar-refractivity contribution in [3.63, 3.8) is 0 Å². The molecule has 3 aromatic rings. The molecule has 30 heavy (non-hydrogen) atoms. The van der Waals surface area contributed by atoms with Gasteiger partial charge in [0, 0.05) is 10.2 Å². The number of carbonyl (C=O) groups is 1. The molecule has 0 aliphatic heterocycles. The van der Waals surface area contributed by atoms with E-state index < -0.39 is 6.10 Å². The number of aryl methyl sites for hydroxylation is 2. The molecule has 0 unspecified atom stereocenters. The first-order chi connectivity index (χ1) is 14.4. The molecule has 156 valence electrons. The number of carbonyl (C=O) groups excluding carboxylic acids is 1. The Morgan fingerprint density at radius 3 is 2.87 bits per heavy atom. The maximum absolute atomic E-state index is 13.0. The second-order valence-corrected chi connectivity index (χ2v) is 9.35. The fourth-order valence-electron chi connectivity index (χ4n) is 3.68. The zero-order valence-electron chi connectivity index (χ0n) is 16.5. The normalized spacial score (nSPS) is 14.0. The lowest BCUT2D eigenvalue weighted by Gasteiger charge is -2.14. The number of fused-ring (bicyclic) bond motifs is 2. The third kappa shape index (κ3) is 4.61. The topological polar surface area (TPSA) is 84.2 Å². The van der Waals surface area contributed by atoms with Crippen molar-refractivity contribution < 1.29 is 9.90 Å². The Morgan fingerprint density at radius 2 is 2.07 bits per heavy atom.